The van der Waals surface area contributed by atoms with E-state index in [1.807, 2.05) is 6.07 Å². The maximum absolute atomic E-state index is 12.8. The van der Waals surface area contributed by atoms with Gasteiger partial charge in [0, 0.05) is 6.20 Å². The van der Waals surface area contributed by atoms with Gasteiger partial charge >= 0.3 is 58.4 Å². The molecule has 0 aliphatic rings. The molecule has 0 unspecified atom stereocenters. The third-order valence-corrected chi connectivity index (χ3v) is 2.60. The van der Waals surface area contributed by atoms with Crippen LogP contribution < -0.4 is 61.6 Å². The van der Waals surface area contributed by atoms with Crippen LogP contribution in [0.3, 0.4) is 0 Å². The van der Waals surface area contributed by atoms with Crippen LogP contribution in [0.5, 0.6) is 5.75 Å². The fraction of sp³-hybridized carbons (Fsp3) is 0.0769. The van der Waals surface area contributed by atoms with Crippen molar-refractivity contribution in [1.82, 2.24) is 4.98 Å². The summed E-state index contributed by atoms with van der Waals surface area (Å²) in [6, 6.07) is 9.98. The van der Waals surface area contributed by atoms with Gasteiger partial charge in [-0.15, -0.1) is 0 Å². The second-order valence-electron chi connectivity index (χ2n) is 4.06. The number of benzene rings is 1. The van der Waals surface area contributed by atoms with Crippen LogP contribution in [0.2, 0.25) is 0 Å². The van der Waals surface area contributed by atoms with Crippen molar-refractivity contribution in [2.45, 2.75) is 6.61 Å². The number of ether oxygens (including phenoxy) is 1. The van der Waals surface area contributed by atoms with E-state index in [9.17, 15) is 12.9 Å². The summed E-state index contributed by atoms with van der Waals surface area (Å²) in [5.74, 6) is -0.213. The van der Waals surface area contributed by atoms with Crippen LogP contribution in [0, 0.1) is 11.3 Å². The molecular formula is C13H9BF3KN2O. The van der Waals surface area contributed by atoms with E-state index >= 15 is 0 Å². The van der Waals surface area contributed by atoms with Gasteiger partial charge in [0.25, 0.3) is 0 Å². The number of pyridine rings is 1. The third-order valence-electron chi connectivity index (χ3n) is 2.60. The second kappa shape index (κ2) is 7.96. The molecule has 102 valence electrons. The standard InChI is InChI=1S/C13H9BF3N2O.K/c15-14(16,17)12-3-1-2-4-13(12)20-9-10-5-6-19-11(7-10)8-18;/h1-7H,9H2;/q-1;+1. The molecule has 0 aliphatic heterocycles. The van der Waals surface area contributed by atoms with Gasteiger partial charge in [-0.3, -0.25) is 0 Å². The molecular weight excluding hydrogens is 307 g/mol. The minimum Gasteiger partial charge on any atom is -0.492 e. The predicted molar refractivity (Wildman–Crippen MR) is 68.4 cm³/mol. The molecule has 0 bridgehead atoms. The van der Waals surface area contributed by atoms with Gasteiger partial charge in [0.05, 0.1) is 5.75 Å². The van der Waals surface area contributed by atoms with E-state index in [0.29, 0.717) is 5.56 Å². The average Bonchev–Trinajstić information content (AvgIpc) is 2.44. The summed E-state index contributed by atoms with van der Waals surface area (Å²) < 4.78 is 43.7. The summed E-state index contributed by atoms with van der Waals surface area (Å²) in [6.07, 6.45) is 1.41. The first kappa shape index (κ1) is 18.2. The Morgan fingerprint density at radius 3 is 2.57 bits per heavy atom. The molecule has 0 amide bonds. The number of nitrogens with zero attached hydrogens (tertiary/aromatic N) is 2. The molecule has 1 aromatic heterocycles. The van der Waals surface area contributed by atoms with Crippen LogP contribution in [0.1, 0.15) is 11.3 Å². The molecule has 21 heavy (non-hydrogen) atoms. The summed E-state index contributed by atoms with van der Waals surface area (Å²) in [6.45, 7) is -5.18. The molecule has 0 spiro atoms. The Labute approximate surface area is 162 Å². The monoisotopic (exact) mass is 316 g/mol. The van der Waals surface area contributed by atoms with Crippen LogP contribution in [-0.4, -0.2) is 12.0 Å². The zero-order valence-electron chi connectivity index (χ0n) is 11.3. The van der Waals surface area contributed by atoms with Gasteiger partial charge in [0.1, 0.15) is 18.4 Å². The Morgan fingerprint density at radius 1 is 1.19 bits per heavy atom. The van der Waals surface area contributed by atoms with E-state index in [2.05, 4.69) is 4.98 Å². The minimum atomic E-state index is -5.12. The SMILES string of the molecule is N#Cc1cc(COc2ccccc2[B-](F)(F)F)ccn1.[K+]. The van der Waals surface area contributed by atoms with Crippen LogP contribution in [0.25, 0.3) is 0 Å². The molecule has 0 atom stereocenters. The fourth-order valence-corrected chi connectivity index (χ4v) is 1.67. The summed E-state index contributed by atoms with van der Waals surface area (Å²) >= 11 is 0. The molecule has 0 fully saturated rings. The number of hydrogen-bond acceptors (Lipinski definition) is 3. The number of halogens is 3. The molecule has 2 aromatic rings. The fourth-order valence-electron chi connectivity index (χ4n) is 1.67. The smallest absolute Gasteiger partial charge is 0.492 e. The molecule has 0 aliphatic carbocycles. The predicted octanol–water partition coefficient (Wildman–Crippen LogP) is -0.409. The van der Waals surface area contributed by atoms with E-state index in [-0.39, 0.29) is 69.4 Å². The van der Waals surface area contributed by atoms with Crippen molar-refractivity contribution in [3.05, 3.63) is 53.9 Å². The normalized spacial score (nSPS) is 10.4. The topological polar surface area (TPSA) is 45.9 Å². The Hall–Kier alpha value is -0.849. The van der Waals surface area contributed by atoms with Gasteiger partial charge in [-0.25, -0.2) is 4.98 Å². The zero-order valence-corrected chi connectivity index (χ0v) is 14.4. The van der Waals surface area contributed by atoms with Crippen molar-refractivity contribution in [3.8, 4) is 11.8 Å². The molecule has 3 nitrogen and oxygen atoms in total. The van der Waals surface area contributed by atoms with Crippen LogP contribution in [-0.2, 0) is 6.61 Å². The molecule has 1 aromatic carbocycles. The van der Waals surface area contributed by atoms with Gasteiger partial charge in [-0.1, -0.05) is 23.7 Å². The van der Waals surface area contributed by atoms with Crippen LogP contribution in [0.15, 0.2) is 42.6 Å². The van der Waals surface area contributed by atoms with E-state index < -0.39 is 12.4 Å². The first-order chi connectivity index (χ1) is 9.50. The van der Waals surface area contributed by atoms with Crippen LogP contribution in [0.4, 0.5) is 12.9 Å². The second-order valence-corrected chi connectivity index (χ2v) is 4.06. The first-order valence-electron chi connectivity index (χ1n) is 5.77. The molecule has 1 heterocycles. The number of aromatic nitrogens is 1. The number of rotatable bonds is 4. The molecule has 0 saturated carbocycles. The number of para-hydroxylation sites is 1. The van der Waals surface area contributed by atoms with Crippen LogP contribution >= 0.6 is 0 Å². The molecule has 2 rings (SSSR count). The van der Waals surface area contributed by atoms with E-state index in [1.54, 1.807) is 6.07 Å². The third kappa shape index (κ3) is 5.13. The van der Waals surface area contributed by atoms with E-state index in [0.717, 1.165) is 6.07 Å². The number of hydrogen-bond donors (Lipinski definition) is 0. The van der Waals surface area contributed by atoms with Crippen molar-refractivity contribution >= 4 is 12.4 Å². The van der Waals surface area contributed by atoms with Gasteiger partial charge in [-0.2, -0.15) is 5.26 Å². The Bertz CT molecular complexity index is 658. The maximum atomic E-state index is 12.8. The first-order valence-corrected chi connectivity index (χ1v) is 5.77. The molecule has 0 N–H and O–H groups in total. The average molecular weight is 316 g/mol. The minimum absolute atomic E-state index is 0. The Morgan fingerprint density at radius 2 is 1.90 bits per heavy atom. The largest absolute Gasteiger partial charge is 1.00 e. The Kier molecular flexibility index (Phi) is 6.90. The van der Waals surface area contributed by atoms with Crippen molar-refractivity contribution < 1.29 is 69.1 Å². The van der Waals surface area contributed by atoms with Gasteiger partial charge in [-0.05, 0) is 23.8 Å². The van der Waals surface area contributed by atoms with E-state index in [1.165, 1.54) is 30.5 Å². The molecule has 0 radical (unpaired) electrons. The maximum Gasteiger partial charge on any atom is 1.00 e. The van der Waals surface area contributed by atoms with Crippen molar-refractivity contribution in [2.24, 2.45) is 0 Å². The summed E-state index contributed by atoms with van der Waals surface area (Å²) in [5, 5.41) is 8.70. The van der Waals surface area contributed by atoms with Crippen molar-refractivity contribution in [3.63, 3.8) is 0 Å². The van der Waals surface area contributed by atoms with Crippen molar-refractivity contribution in [2.75, 3.05) is 0 Å². The van der Waals surface area contributed by atoms with Gasteiger partial charge in [0.15, 0.2) is 0 Å². The molecule has 8 heteroatoms. The molecule has 0 saturated heterocycles. The summed E-state index contributed by atoms with van der Waals surface area (Å²) in [4.78, 5) is 3.78. The quantitative estimate of drug-likeness (QED) is 0.721. The van der Waals surface area contributed by atoms with E-state index in [4.69, 9.17) is 10.00 Å². The van der Waals surface area contributed by atoms with Gasteiger partial charge in [0.2, 0.25) is 0 Å². The summed E-state index contributed by atoms with van der Waals surface area (Å²) in [7, 11) is 0. The summed E-state index contributed by atoms with van der Waals surface area (Å²) in [5.41, 5.74) is 0.0162. The van der Waals surface area contributed by atoms with Gasteiger partial charge < -0.3 is 17.7 Å². The zero-order chi connectivity index (χ0) is 14.6. The Balaban J connectivity index is 0.00000220. The van der Waals surface area contributed by atoms with Crippen molar-refractivity contribution in [1.29, 1.82) is 5.26 Å². The number of nitriles is 1.